The van der Waals surface area contributed by atoms with E-state index in [0.717, 1.165) is 11.4 Å². The van der Waals surface area contributed by atoms with Crippen LogP contribution in [-0.4, -0.2) is 13.2 Å². The van der Waals surface area contributed by atoms with Crippen LogP contribution in [-0.2, 0) is 0 Å². The van der Waals surface area contributed by atoms with Crippen molar-refractivity contribution < 1.29 is 4.74 Å². The molecule has 1 aromatic rings. The number of benzene rings is 1. The molecule has 1 saturated carbocycles. The van der Waals surface area contributed by atoms with Crippen LogP contribution in [0.4, 0.5) is 5.69 Å². The molecular weight excluding hydrogens is 222 g/mol. The average molecular weight is 247 g/mol. The Hall–Kier alpha value is -1.18. The van der Waals surface area contributed by atoms with E-state index in [0.29, 0.717) is 17.4 Å². The average Bonchev–Trinajstić information content (AvgIpc) is 2.52. The summed E-state index contributed by atoms with van der Waals surface area (Å²) in [5.41, 5.74) is 2.85. The van der Waals surface area contributed by atoms with Crippen LogP contribution in [0, 0.1) is 18.3 Å². The fourth-order valence-electron chi connectivity index (χ4n) is 3.22. The van der Waals surface area contributed by atoms with E-state index in [9.17, 15) is 0 Å². The van der Waals surface area contributed by atoms with Gasteiger partial charge in [-0.1, -0.05) is 26.8 Å². The second-order valence-corrected chi connectivity index (χ2v) is 6.50. The molecule has 0 aliphatic heterocycles. The molecule has 2 rings (SSSR count). The maximum Gasteiger partial charge on any atom is 0.141 e. The first-order valence-electron chi connectivity index (χ1n) is 6.82. The van der Waals surface area contributed by atoms with Crippen molar-refractivity contribution in [1.29, 1.82) is 0 Å². The summed E-state index contributed by atoms with van der Waals surface area (Å²) in [6.45, 7) is 9.18. The molecule has 0 saturated heterocycles. The fourth-order valence-corrected chi connectivity index (χ4v) is 3.22. The van der Waals surface area contributed by atoms with Crippen molar-refractivity contribution in [2.75, 3.05) is 12.4 Å². The molecule has 1 aliphatic rings. The predicted octanol–water partition coefficient (Wildman–Crippen LogP) is 4.24. The molecule has 2 atom stereocenters. The summed E-state index contributed by atoms with van der Waals surface area (Å²) < 4.78 is 5.44. The quantitative estimate of drug-likeness (QED) is 0.862. The Labute approximate surface area is 111 Å². The monoisotopic (exact) mass is 247 g/mol. The van der Waals surface area contributed by atoms with E-state index in [-0.39, 0.29) is 0 Å². The number of rotatable bonds is 3. The molecule has 1 fully saturated rings. The molecule has 0 spiro atoms. The predicted molar refractivity (Wildman–Crippen MR) is 77.3 cm³/mol. The van der Waals surface area contributed by atoms with Gasteiger partial charge in [0.1, 0.15) is 5.75 Å². The summed E-state index contributed by atoms with van der Waals surface area (Å²) in [5, 5.41) is 3.68. The first-order valence-corrected chi connectivity index (χ1v) is 6.82. The summed E-state index contributed by atoms with van der Waals surface area (Å²) in [7, 11) is 1.73. The van der Waals surface area contributed by atoms with E-state index in [1.165, 1.54) is 18.4 Å². The third-order valence-electron chi connectivity index (χ3n) is 4.03. The van der Waals surface area contributed by atoms with Crippen molar-refractivity contribution in [2.24, 2.45) is 11.3 Å². The molecule has 0 radical (unpaired) electrons. The molecular formula is C16H25NO. The van der Waals surface area contributed by atoms with Crippen molar-refractivity contribution in [2.45, 2.75) is 46.6 Å². The minimum absolute atomic E-state index is 0.453. The Bertz CT molecular complexity index is 425. The van der Waals surface area contributed by atoms with Gasteiger partial charge in [0.2, 0.25) is 0 Å². The fraction of sp³-hybridized carbons (Fsp3) is 0.625. The van der Waals surface area contributed by atoms with E-state index < -0.39 is 0 Å². The van der Waals surface area contributed by atoms with E-state index in [4.69, 9.17) is 4.74 Å². The zero-order valence-corrected chi connectivity index (χ0v) is 12.2. The van der Waals surface area contributed by atoms with Gasteiger partial charge in [0, 0.05) is 6.04 Å². The van der Waals surface area contributed by atoms with Crippen LogP contribution >= 0.6 is 0 Å². The maximum absolute atomic E-state index is 5.44. The normalized spacial score (nSPS) is 26.1. The lowest BCUT2D eigenvalue weighted by molar-refractivity contribution is 0.366. The number of nitrogens with one attached hydrogen (secondary N) is 1. The first-order chi connectivity index (χ1) is 8.41. The summed E-state index contributed by atoms with van der Waals surface area (Å²) in [6, 6.07) is 6.86. The van der Waals surface area contributed by atoms with Gasteiger partial charge in [-0.15, -0.1) is 0 Å². The van der Waals surface area contributed by atoms with Crippen LogP contribution in [0.15, 0.2) is 18.2 Å². The third-order valence-corrected chi connectivity index (χ3v) is 4.03. The Kier molecular flexibility index (Phi) is 3.56. The summed E-state index contributed by atoms with van der Waals surface area (Å²) in [4.78, 5) is 0. The molecule has 0 amide bonds. The van der Waals surface area contributed by atoms with Crippen LogP contribution in [0.1, 0.15) is 39.2 Å². The molecule has 2 nitrogen and oxygen atoms in total. The lowest BCUT2D eigenvalue weighted by Crippen LogP contribution is -2.22. The summed E-state index contributed by atoms with van der Waals surface area (Å²) >= 11 is 0. The molecule has 1 aliphatic carbocycles. The number of aryl methyl sites for hydroxylation is 1. The minimum Gasteiger partial charge on any atom is -0.495 e. The Balaban J connectivity index is 2.17. The van der Waals surface area contributed by atoms with Gasteiger partial charge in [-0.2, -0.15) is 0 Å². The number of hydrogen-bond donors (Lipinski definition) is 1. The van der Waals surface area contributed by atoms with E-state index in [2.05, 4.69) is 45.1 Å². The maximum atomic E-state index is 5.44. The van der Waals surface area contributed by atoms with Crippen molar-refractivity contribution in [3.63, 3.8) is 0 Å². The highest BCUT2D eigenvalue weighted by atomic mass is 16.5. The highest BCUT2D eigenvalue weighted by molar-refractivity contribution is 5.58. The van der Waals surface area contributed by atoms with Crippen molar-refractivity contribution in [3.05, 3.63) is 23.8 Å². The second-order valence-electron chi connectivity index (χ2n) is 6.50. The molecule has 1 N–H and O–H groups in total. The second kappa shape index (κ2) is 4.83. The zero-order chi connectivity index (χ0) is 13.3. The topological polar surface area (TPSA) is 21.3 Å². The van der Waals surface area contributed by atoms with Gasteiger partial charge in [-0.25, -0.2) is 0 Å². The molecule has 0 bridgehead atoms. The molecule has 2 unspecified atom stereocenters. The van der Waals surface area contributed by atoms with Crippen LogP contribution in [0.3, 0.4) is 0 Å². The highest BCUT2D eigenvalue weighted by Gasteiger charge is 2.36. The molecule has 0 aromatic heterocycles. The number of hydrogen-bond acceptors (Lipinski definition) is 2. The van der Waals surface area contributed by atoms with Crippen LogP contribution in [0.25, 0.3) is 0 Å². The molecule has 1 aromatic carbocycles. The number of methoxy groups -OCH3 is 1. The van der Waals surface area contributed by atoms with E-state index in [1.54, 1.807) is 7.11 Å². The lowest BCUT2D eigenvalue weighted by Gasteiger charge is -2.21. The van der Waals surface area contributed by atoms with E-state index >= 15 is 0 Å². The Morgan fingerprint density at radius 2 is 2.00 bits per heavy atom. The highest BCUT2D eigenvalue weighted by Crippen LogP contribution is 2.42. The number of anilines is 1. The summed E-state index contributed by atoms with van der Waals surface area (Å²) in [5.74, 6) is 1.66. The van der Waals surface area contributed by atoms with Crippen molar-refractivity contribution in [1.82, 2.24) is 0 Å². The van der Waals surface area contributed by atoms with E-state index in [1.807, 2.05) is 6.07 Å². The smallest absolute Gasteiger partial charge is 0.141 e. The first kappa shape index (κ1) is 13.3. The SMILES string of the molecule is COc1ccc(C)cc1NC1CC(C)(C)CC1C. The Morgan fingerprint density at radius 1 is 1.28 bits per heavy atom. The molecule has 100 valence electrons. The minimum atomic E-state index is 0.453. The molecule has 0 heterocycles. The van der Waals surface area contributed by atoms with Gasteiger partial charge in [0.25, 0.3) is 0 Å². The molecule has 2 heteroatoms. The van der Waals surface area contributed by atoms with Gasteiger partial charge >= 0.3 is 0 Å². The summed E-state index contributed by atoms with van der Waals surface area (Å²) in [6.07, 6.45) is 2.52. The van der Waals surface area contributed by atoms with Gasteiger partial charge in [-0.3, -0.25) is 0 Å². The van der Waals surface area contributed by atoms with Gasteiger partial charge < -0.3 is 10.1 Å². The lowest BCUT2D eigenvalue weighted by atomic mass is 9.91. The van der Waals surface area contributed by atoms with Crippen LogP contribution in [0.2, 0.25) is 0 Å². The van der Waals surface area contributed by atoms with Crippen LogP contribution < -0.4 is 10.1 Å². The largest absolute Gasteiger partial charge is 0.495 e. The van der Waals surface area contributed by atoms with Gasteiger partial charge in [-0.05, 0) is 48.8 Å². The molecule has 18 heavy (non-hydrogen) atoms. The Morgan fingerprint density at radius 3 is 2.56 bits per heavy atom. The van der Waals surface area contributed by atoms with Crippen molar-refractivity contribution >= 4 is 5.69 Å². The van der Waals surface area contributed by atoms with Gasteiger partial charge in [0.05, 0.1) is 12.8 Å². The van der Waals surface area contributed by atoms with Crippen molar-refractivity contribution in [3.8, 4) is 5.75 Å². The zero-order valence-electron chi connectivity index (χ0n) is 12.2. The van der Waals surface area contributed by atoms with Gasteiger partial charge in [0.15, 0.2) is 0 Å². The van der Waals surface area contributed by atoms with Crippen LogP contribution in [0.5, 0.6) is 5.75 Å². The number of ether oxygens (including phenoxy) is 1. The standard InChI is InChI=1S/C16H25NO/c1-11-6-7-15(18-5)13(8-11)17-14-10-16(3,4)9-12(14)2/h6-8,12,14,17H,9-10H2,1-5H3. The third kappa shape index (κ3) is 2.80.